The second-order valence-corrected chi connectivity index (χ2v) is 11.1. The number of fused-ring (bicyclic) bond motifs is 3. The lowest BCUT2D eigenvalue weighted by Crippen LogP contribution is -2.57. The molecule has 1 saturated heterocycles. The molecule has 2 aliphatic carbocycles. The molecule has 2 aromatic rings. The highest BCUT2D eigenvalue weighted by Gasteiger charge is 2.51. The summed E-state index contributed by atoms with van der Waals surface area (Å²) >= 11 is 0. The minimum atomic E-state index is -5.27. The molecule has 5 unspecified atom stereocenters. The summed E-state index contributed by atoms with van der Waals surface area (Å²) < 4.78 is 55.5. The summed E-state index contributed by atoms with van der Waals surface area (Å²) in [5.41, 5.74) is -4.74. The topological polar surface area (TPSA) is 209 Å². The molecule has 45 heavy (non-hydrogen) atoms. The number of aromatic hydroxyl groups is 2. The fraction of sp³-hybridized carbons (Fsp3) is 0.448. The average molecular weight is 640 g/mol. The van der Waals surface area contributed by atoms with E-state index in [0.29, 0.717) is 0 Å². The van der Waals surface area contributed by atoms with Crippen LogP contribution in [0.5, 0.6) is 17.2 Å². The number of aliphatic hydroxyl groups excluding tert-OH is 2. The number of rotatable bonds is 6. The molecule has 13 nitrogen and oxygen atoms in total. The largest absolute Gasteiger partial charge is 0.507 e. The summed E-state index contributed by atoms with van der Waals surface area (Å²) in [6.07, 6.45) is -13.3. The maximum absolute atomic E-state index is 13.7. The number of ketones is 3. The van der Waals surface area contributed by atoms with Crippen LogP contribution in [0, 0.1) is 0 Å². The van der Waals surface area contributed by atoms with E-state index in [1.807, 2.05) is 0 Å². The van der Waals surface area contributed by atoms with Crippen LogP contribution < -0.4 is 10.1 Å². The molecule has 0 radical (unpaired) electrons. The SMILES string of the molecule is COc1cccc2c1C(=O)c1c(O)c3c(c(O)c1C2=O)C[C@@](O)(C(=O)CO)CC3OC1CC(NC(=O)C(F)(F)F)C(O)C(C)O1. The van der Waals surface area contributed by atoms with Crippen LogP contribution in [0.2, 0.25) is 0 Å². The minimum absolute atomic E-state index is 0.000996. The summed E-state index contributed by atoms with van der Waals surface area (Å²) in [6.45, 7) is 0.123. The van der Waals surface area contributed by atoms with Crippen LogP contribution in [0.4, 0.5) is 13.2 Å². The van der Waals surface area contributed by atoms with E-state index >= 15 is 0 Å². The Kier molecular flexibility index (Phi) is 8.16. The quantitative estimate of drug-likeness (QED) is 0.206. The first kappa shape index (κ1) is 32.3. The Balaban J connectivity index is 1.61. The van der Waals surface area contributed by atoms with Gasteiger partial charge in [-0.25, -0.2) is 0 Å². The van der Waals surface area contributed by atoms with Crippen molar-refractivity contribution in [2.45, 2.75) is 68.6 Å². The van der Waals surface area contributed by atoms with Crippen LogP contribution in [0.15, 0.2) is 18.2 Å². The molecule has 5 rings (SSSR count). The lowest BCUT2D eigenvalue weighted by atomic mass is 9.72. The van der Waals surface area contributed by atoms with E-state index in [4.69, 9.17) is 14.2 Å². The predicted octanol–water partition coefficient (Wildman–Crippen LogP) is 0.721. The second-order valence-electron chi connectivity index (χ2n) is 11.1. The molecule has 0 spiro atoms. The van der Waals surface area contributed by atoms with Crippen LogP contribution in [0.3, 0.4) is 0 Å². The van der Waals surface area contributed by atoms with Crippen LogP contribution >= 0.6 is 0 Å². The van der Waals surface area contributed by atoms with Gasteiger partial charge in [0.1, 0.15) is 35.6 Å². The van der Waals surface area contributed by atoms with Crippen molar-refractivity contribution in [3.05, 3.63) is 51.6 Å². The molecule has 16 heteroatoms. The number of nitrogens with one attached hydrogen (secondary N) is 1. The molecule has 1 aliphatic heterocycles. The maximum Gasteiger partial charge on any atom is 0.471 e. The zero-order chi connectivity index (χ0) is 33.2. The van der Waals surface area contributed by atoms with Crippen LogP contribution in [-0.4, -0.2) is 98.8 Å². The number of Topliss-reactive ketones (excluding diaryl/α,β-unsaturated/α-hetero) is 1. The summed E-state index contributed by atoms with van der Waals surface area (Å²) in [7, 11) is 1.25. The molecule has 6 N–H and O–H groups in total. The van der Waals surface area contributed by atoms with E-state index in [2.05, 4.69) is 0 Å². The van der Waals surface area contributed by atoms with Crippen molar-refractivity contribution in [2.24, 2.45) is 0 Å². The number of carbonyl (C=O) groups is 4. The fourth-order valence-electron chi connectivity index (χ4n) is 6.11. The van der Waals surface area contributed by atoms with Crippen molar-refractivity contribution >= 4 is 23.3 Å². The van der Waals surface area contributed by atoms with Gasteiger partial charge in [0.25, 0.3) is 0 Å². The number of carbonyl (C=O) groups excluding carboxylic acids is 4. The van der Waals surface area contributed by atoms with E-state index in [9.17, 15) is 57.9 Å². The number of methoxy groups -OCH3 is 1. The van der Waals surface area contributed by atoms with Gasteiger partial charge >= 0.3 is 12.1 Å². The van der Waals surface area contributed by atoms with Crippen molar-refractivity contribution in [3.63, 3.8) is 0 Å². The average Bonchev–Trinajstić information content (AvgIpc) is 2.98. The van der Waals surface area contributed by atoms with Crippen molar-refractivity contribution in [1.29, 1.82) is 0 Å². The van der Waals surface area contributed by atoms with Crippen molar-refractivity contribution < 1.29 is 72.1 Å². The monoisotopic (exact) mass is 639 g/mol. The summed E-state index contributed by atoms with van der Waals surface area (Å²) in [4.78, 5) is 51.5. The molecule has 0 bridgehead atoms. The highest BCUT2D eigenvalue weighted by atomic mass is 19.4. The number of hydrogen-bond donors (Lipinski definition) is 6. The Hall–Kier alpha value is -4.09. The first-order valence-corrected chi connectivity index (χ1v) is 13.6. The third kappa shape index (κ3) is 5.31. The first-order valence-electron chi connectivity index (χ1n) is 13.6. The maximum atomic E-state index is 13.7. The van der Waals surface area contributed by atoms with Gasteiger partial charge < -0.3 is 45.1 Å². The first-order chi connectivity index (χ1) is 21.0. The van der Waals surface area contributed by atoms with Gasteiger partial charge in [0.15, 0.2) is 17.9 Å². The lowest BCUT2D eigenvalue weighted by molar-refractivity contribution is -0.250. The van der Waals surface area contributed by atoms with Crippen molar-refractivity contribution in [3.8, 4) is 17.2 Å². The number of alkyl halides is 3. The zero-order valence-corrected chi connectivity index (χ0v) is 23.7. The third-order valence-electron chi connectivity index (χ3n) is 8.33. The highest BCUT2D eigenvalue weighted by Crippen LogP contribution is 2.52. The Morgan fingerprint density at radius 1 is 1.11 bits per heavy atom. The standard InChI is InChI=1S/C29H28F3NO12/c1-10-22(36)13(33-27(41)29(30,31)32)6-17(44-10)45-15-8-28(42,16(35)9-34)7-12-19(15)26(40)21-20(24(12)38)23(37)11-4-3-5-14(43-2)18(11)25(21)39/h3-5,10,13,15,17,22,34,36,38,40,42H,6-9H2,1-2H3,(H,33,41)/t10?,13?,15?,17?,22?,28-/m0/s1. The number of phenols is 2. The number of amides is 1. The summed E-state index contributed by atoms with van der Waals surface area (Å²) in [6, 6.07) is 2.60. The Bertz CT molecular complexity index is 1610. The number of halogens is 3. The van der Waals surface area contributed by atoms with Crippen molar-refractivity contribution in [1.82, 2.24) is 5.32 Å². The van der Waals surface area contributed by atoms with Crippen LogP contribution in [0.25, 0.3) is 0 Å². The molecule has 1 heterocycles. The zero-order valence-electron chi connectivity index (χ0n) is 23.7. The van der Waals surface area contributed by atoms with Gasteiger partial charge in [0.2, 0.25) is 5.78 Å². The van der Waals surface area contributed by atoms with Gasteiger partial charge in [-0.15, -0.1) is 0 Å². The molecule has 1 fully saturated rings. The molecule has 0 saturated carbocycles. The van der Waals surface area contributed by atoms with Gasteiger partial charge in [-0.1, -0.05) is 12.1 Å². The predicted molar refractivity (Wildman–Crippen MR) is 142 cm³/mol. The molecule has 6 atom stereocenters. The number of ether oxygens (including phenoxy) is 3. The van der Waals surface area contributed by atoms with Crippen LogP contribution in [-0.2, 0) is 25.5 Å². The van der Waals surface area contributed by atoms with Gasteiger partial charge in [-0.3, -0.25) is 19.2 Å². The molecule has 3 aliphatic rings. The third-order valence-corrected chi connectivity index (χ3v) is 8.33. The van der Waals surface area contributed by atoms with Gasteiger partial charge in [-0.05, 0) is 13.0 Å². The minimum Gasteiger partial charge on any atom is -0.507 e. The molecule has 1 amide bonds. The Labute approximate surface area is 252 Å². The molecule has 0 aromatic heterocycles. The van der Waals surface area contributed by atoms with Crippen molar-refractivity contribution in [2.75, 3.05) is 13.7 Å². The van der Waals surface area contributed by atoms with E-state index in [-0.39, 0.29) is 28.0 Å². The smallest absolute Gasteiger partial charge is 0.471 e. The van der Waals surface area contributed by atoms with Gasteiger partial charge in [-0.2, -0.15) is 13.2 Å². The van der Waals surface area contributed by atoms with E-state index < -0.39 is 114 Å². The normalized spacial score (nSPS) is 27.7. The summed E-state index contributed by atoms with van der Waals surface area (Å²) in [5.74, 6) is -6.94. The Morgan fingerprint density at radius 2 is 1.78 bits per heavy atom. The number of hydrogen-bond acceptors (Lipinski definition) is 12. The number of aliphatic hydroxyl groups is 3. The lowest BCUT2D eigenvalue weighted by Gasteiger charge is -2.43. The highest BCUT2D eigenvalue weighted by molar-refractivity contribution is 6.31. The van der Waals surface area contributed by atoms with Crippen LogP contribution in [0.1, 0.15) is 68.8 Å². The van der Waals surface area contributed by atoms with E-state index in [0.717, 1.165) is 0 Å². The Morgan fingerprint density at radius 3 is 2.40 bits per heavy atom. The number of phenolic OH excluding ortho intramolecular Hbond substituents is 2. The second kappa shape index (κ2) is 11.4. The number of benzene rings is 2. The van der Waals surface area contributed by atoms with Gasteiger partial charge in [0, 0.05) is 36.0 Å². The molecular weight excluding hydrogens is 611 g/mol. The molecule has 242 valence electrons. The van der Waals surface area contributed by atoms with E-state index in [1.165, 1.54) is 32.2 Å². The molecule has 2 aromatic carbocycles. The fourth-order valence-corrected chi connectivity index (χ4v) is 6.11. The van der Waals surface area contributed by atoms with Gasteiger partial charge in [0.05, 0.1) is 42.0 Å². The summed E-state index contributed by atoms with van der Waals surface area (Å²) in [5, 5.41) is 55.8. The van der Waals surface area contributed by atoms with E-state index in [1.54, 1.807) is 5.32 Å². The molecular formula is C29H28F3NO12.